The summed E-state index contributed by atoms with van der Waals surface area (Å²) in [5.74, 6) is -2.91. The zero-order chi connectivity index (χ0) is 20.5. The molecule has 0 spiro atoms. The Hall–Kier alpha value is -3.14. The molecule has 0 saturated heterocycles. The van der Waals surface area contributed by atoms with E-state index >= 15 is 0 Å². The number of aromatic nitrogens is 2. The highest BCUT2D eigenvalue weighted by atomic mass is 35.5. The average molecular weight is 418 g/mol. The van der Waals surface area contributed by atoms with Gasteiger partial charge in [-0.15, -0.1) is 0 Å². The summed E-state index contributed by atoms with van der Waals surface area (Å²) in [6, 6.07) is 7.57. The maximum Gasteiger partial charge on any atom is 0.437 e. The number of anilines is 1. The van der Waals surface area contributed by atoms with Crippen LogP contribution >= 0.6 is 11.6 Å². The Morgan fingerprint density at radius 2 is 1.79 bits per heavy atom. The molecule has 1 amide bonds. The van der Waals surface area contributed by atoms with Crippen molar-refractivity contribution in [3.63, 3.8) is 0 Å². The van der Waals surface area contributed by atoms with Crippen LogP contribution in [0.4, 0.5) is 32.4 Å². The third-order valence-corrected chi connectivity index (χ3v) is 3.70. The minimum Gasteiger partial charge on any atom is -0.406 e. The van der Waals surface area contributed by atoms with Crippen molar-refractivity contribution in [2.75, 3.05) is 5.32 Å². The number of ether oxygens (including phenoxy) is 1. The van der Waals surface area contributed by atoms with Crippen molar-refractivity contribution in [2.24, 2.45) is 0 Å². The molecular weight excluding hydrogens is 409 g/mol. The molecule has 28 heavy (non-hydrogen) atoms. The van der Waals surface area contributed by atoms with E-state index in [1.54, 1.807) is 0 Å². The fourth-order valence-electron chi connectivity index (χ4n) is 2.27. The molecule has 146 valence electrons. The van der Waals surface area contributed by atoms with Crippen molar-refractivity contribution in [3.05, 3.63) is 71.0 Å². The van der Waals surface area contributed by atoms with E-state index in [2.05, 4.69) is 9.84 Å². The number of benzene rings is 2. The Kier molecular flexibility index (Phi) is 5.23. The van der Waals surface area contributed by atoms with E-state index in [1.807, 2.05) is 5.32 Å². The van der Waals surface area contributed by atoms with Gasteiger partial charge in [0.05, 0.1) is 17.6 Å². The number of rotatable bonds is 3. The molecule has 0 aliphatic carbocycles. The Morgan fingerprint density at radius 3 is 2.39 bits per heavy atom. The van der Waals surface area contributed by atoms with Crippen molar-refractivity contribution in [1.82, 2.24) is 9.78 Å². The Balaban J connectivity index is 1.89. The highest BCUT2D eigenvalue weighted by molar-refractivity contribution is 6.30. The van der Waals surface area contributed by atoms with Crippen LogP contribution in [-0.4, -0.2) is 15.9 Å². The summed E-state index contributed by atoms with van der Waals surface area (Å²) in [5.41, 5.74) is -1.80. The SMILES string of the molecule is O=C(Nc1ccc(F)cc1F)Oc1cnn(-c2ccc(Cl)cc2)c1C(F)(F)F. The van der Waals surface area contributed by atoms with Crippen LogP contribution in [0, 0.1) is 11.6 Å². The second-order valence-corrected chi connectivity index (χ2v) is 5.82. The fraction of sp³-hybridized carbons (Fsp3) is 0.0588. The molecule has 5 nitrogen and oxygen atoms in total. The zero-order valence-electron chi connectivity index (χ0n) is 13.6. The lowest BCUT2D eigenvalue weighted by Crippen LogP contribution is -2.20. The zero-order valence-corrected chi connectivity index (χ0v) is 14.4. The smallest absolute Gasteiger partial charge is 0.406 e. The molecule has 3 aromatic rings. The number of carbonyl (C=O) groups is 1. The molecule has 0 atom stereocenters. The summed E-state index contributed by atoms with van der Waals surface area (Å²) in [7, 11) is 0. The summed E-state index contributed by atoms with van der Waals surface area (Å²) >= 11 is 5.72. The molecule has 1 N–H and O–H groups in total. The van der Waals surface area contributed by atoms with Crippen molar-refractivity contribution in [1.29, 1.82) is 0 Å². The van der Waals surface area contributed by atoms with Gasteiger partial charge in [-0.3, -0.25) is 5.32 Å². The molecule has 0 fully saturated rings. The molecule has 0 unspecified atom stereocenters. The number of halogens is 6. The van der Waals surface area contributed by atoms with Crippen LogP contribution < -0.4 is 10.1 Å². The Labute approximate surface area is 159 Å². The maximum atomic E-state index is 13.6. The van der Waals surface area contributed by atoms with Crippen LogP contribution in [0.25, 0.3) is 5.69 Å². The van der Waals surface area contributed by atoms with Gasteiger partial charge in [0.2, 0.25) is 0 Å². The normalized spacial score (nSPS) is 11.4. The Bertz CT molecular complexity index is 1020. The lowest BCUT2D eigenvalue weighted by molar-refractivity contribution is -0.143. The van der Waals surface area contributed by atoms with Gasteiger partial charge in [0, 0.05) is 11.1 Å². The van der Waals surface area contributed by atoms with Gasteiger partial charge in [0.15, 0.2) is 11.4 Å². The van der Waals surface area contributed by atoms with Crippen LogP contribution in [0.1, 0.15) is 5.69 Å². The largest absolute Gasteiger partial charge is 0.437 e. The number of amides is 1. The standard InChI is InChI=1S/C17H9ClF5N3O2/c18-9-1-4-11(5-2-9)26-15(17(21,22)23)14(8-24-26)28-16(27)25-13-6-3-10(19)7-12(13)20/h1-8H,(H,25,27). The fourth-order valence-corrected chi connectivity index (χ4v) is 2.40. The van der Waals surface area contributed by atoms with Crippen molar-refractivity contribution >= 4 is 23.4 Å². The molecular formula is C17H9ClF5N3O2. The van der Waals surface area contributed by atoms with Crippen molar-refractivity contribution in [2.45, 2.75) is 6.18 Å². The molecule has 0 aliphatic rings. The molecule has 0 aliphatic heterocycles. The van der Waals surface area contributed by atoms with Gasteiger partial charge >= 0.3 is 12.3 Å². The van der Waals surface area contributed by atoms with Crippen LogP contribution in [-0.2, 0) is 6.18 Å². The van der Waals surface area contributed by atoms with Crippen LogP contribution in [0.3, 0.4) is 0 Å². The van der Waals surface area contributed by atoms with Gasteiger partial charge in [-0.1, -0.05) is 11.6 Å². The summed E-state index contributed by atoms with van der Waals surface area (Å²) in [4.78, 5) is 11.9. The number of alkyl halides is 3. The molecule has 0 radical (unpaired) electrons. The third-order valence-electron chi connectivity index (χ3n) is 3.45. The monoisotopic (exact) mass is 417 g/mol. The van der Waals surface area contributed by atoms with Gasteiger partial charge < -0.3 is 4.74 Å². The minimum absolute atomic E-state index is 0.0246. The first-order valence-electron chi connectivity index (χ1n) is 7.50. The summed E-state index contributed by atoms with van der Waals surface area (Å²) < 4.78 is 72.1. The number of hydrogen-bond acceptors (Lipinski definition) is 3. The summed E-state index contributed by atoms with van der Waals surface area (Å²) in [6.45, 7) is 0. The minimum atomic E-state index is -4.92. The molecule has 2 aromatic carbocycles. The highest BCUT2D eigenvalue weighted by Crippen LogP contribution is 2.38. The first-order valence-corrected chi connectivity index (χ1v) is 7.88. The average Bonchev–Trinajstić information content (AvgIpc) is 3.02. The predicted molar refractivity (Wildman–Crippen MR) is 89.6 cm³/mol. The second-order valence-electron chi connectivity index (χ2n) is 5.38. The first kappa shape index (κ1) is 19.6. The quantitative estimate of drug-likeness (QED) is 0.578. The van der Waals surface area contributed by atoms with Crippen LogP contribution in [0.15, 0.2) is 48.7 Å². The molecule has 3 rings (SSSR count). The topological polar surface area (TPSA) is 56.1 Å². The van der Waals surface area contributed by atoms with Crippen molar-refractivity contribution in [3.8, 4) is 11.4 Å². The highest BCUT2D eigenvalue weighted by Gasteiger charge is 2.40. The second kappa shape index (κ2) is 7.47. The van der Waals surface area contributed by atoms with Gasteiger partial charge in [0.25, 0.3) is 0 Å². The van der Waals surface area contributed by atoms with E-state index in [0.717, 1.165) is 12.1 Å². The van der Waals surface area contributed by atoms with Gasteiger partial charge in [-0.05, 0) is 36.4 Å². The summed E-state index contributed by atoms with van der Waals surface area (Å²) in [5, 5.41) is 5.80. The summed E-state index contributed by atoms with van der Waals surface area (Å²) in [6.07, 6.45) is -5.64. The number of nitrogens with zero attached hydrogens (tertiary/aromatic N) is 2. The van der Waals surface area contributed by atoms with E-state index in [4.69, 9.17) is 11.6 Å². The predicted octanol–water partition coefficient (Wildman–Crippen LogP) is 5.43. The molecule has 1 heterocycles. The molecule has 11 heteroatoms. The maximum absolute atomic E-state index is 13.6. The van der Waals surface area contributed by atoms with E-state index in [1.165, 1.54) is 24.3 Å². The van der Waals surface area contributed by atoms with Gasteiger partial charge in [-0.2, -0.15) is 18.3 Å². The number of nitrogens with one attached hydrogen (secondary N) is 1. The van der Waals surface area contributed by atoms with Gasteiger partial charge in [0.1, 0.15) is 11.6 Å². The lowest BCUT2D eigenvalue weighted by atomic mass is 10.3. The van der Waals surface area contributed by atoms with E-state index in [-0.39, 0.29) is 5.69 Å². The molecule has 0 saturated carbocycles. The number of hydrogen-bond donors (Lipinski definition) is 1. The Morgan fingerprint density at radius 1 is 1.11 bits per heavy atom. The van der Waals surface area contributed by atoms with Gasteiger partial charge in [-0.25, -0.2) is 18.3 Å². The number of carbonyl (C=O) groups excluding carboxylic acids is 1. The molecule has 0 bridgehead atoms. The third kappa shape index (κ3) is 4.22. The van der Waals surface area contributed by atoms with Crippen LogP contribution in [0.5, 0.6) is 5.75 Å². The molecule has 1 aromatic heterocycles. The van der Waals surface area contributed by atoms with E-state index in [0.29, 0.717) is 22.0 Å². The van der Waals surface area contributed by atoms with Crippen molar-refractivity contribution < 1.29 is 31.5 Å². The van der Waals surface area contributed by atoms with E-state index in [9.17, 15) is 26.7 Å². The van der Waals surface area contributed by atoms with Crippen LogP contribution in [0.2, 0.25) is 5.02 Å². The first-order chi connectivity index (χ1) is 13.1. The van der Waals surface area contributed by atoms with E-state index < -0.39 is 41.0 Å². The lowest BCUT2D eigenvalue weighted by Gasteiger charge is -2.13.